The highest BCUT2D eigenvalue weighted by atomic mass is 32.2. The molecular formula is C21H28N4O3S. The van der Waals surface area contributed by atoms with E-state index in [2.05, 4.69) is 21.7 Å². The molecule has 3 heterocycles. The summed E-state index contributed by atoms with van der Waals surface area (Å²) in [5.74, 6) is 1.49. The first-order chi connectivity index (χ1) is 14.1. The lowest BCUT2D eigenvalue weighted by atomic mass is 10.0. The number of piperidine rings is 1. The third-order valence-corrected chi connectivity index (χ3v) is 6.65. The third kappa shape index (κ3) is 4.75. The van der Waals surface area contributed by atoms with Crippen molar-refractivity contribution in [3.8, 4) is 17.1 Å². The van der Waals surface area contributed by atoms with Gasteiger partial charge < -0.3 is 14.7 Å². The molecule has 8 heteroatoms. The average Bonchev–Trinajstić information content (AvgIpc) is 3.38. The fourth-order valence-electron chi connectivity index (χ4n) is 4.05. The van der Waals surface area contributed by atoms with Crippen LogP contribution in [-0.2, 0) is 16.1 Å². The van der Waals surface area contributed by atoms with Gasteiger partial charge in [-0.2, -0.15) is 0 Å². The van der Waals surface area contributed by atoms with Crippen LogP contribution in [0.4, 0.5) is 0 Å². The maximum Gasteiger partial charge on any atom is 0.233 e. The van der Waals surface area contributed by atoms with E-state index in [0.29, 0.717) is 18.3 Å². The molecule has 2 fully saturated rings. The summed E-state index contributed by atoms with van der Waals surface area (Å²) in [6.07, 6.45) is 5.58. The van der Waals surface area contributed by atoms with Gasteiger partial charge in [0.25, 0.3) is 0 Å². The van der Waals surface area contributed by atoms with Crippen molar-refractivity contribution >= 4 is 17.7 Å². The van der Waals surface area contributed by atoms with Gasteiger partial charge in [0.05, 0.1) is 18.4 Å². The number of phenolic OH excluding ortho intramolecular Hbond substituents is 1. The van der Waals surface area contributed by atoms with E-state index < -0.39 is 0 Å². The van der Waals surface area contributed by atoms with Crippen molar-refractivity contribution in [1.82, 2.24) is 19.7 Å². The van der Waals surface area contributed by atoms with Crippen molar-refractivity contribution in [3.63, 3.8) is 0 Å². The summed E-state index contributed by atoms with van der Waals surface area (Å²) >= 11 is 1.45. The number of rotatable bonds is 6. The lowest BCUT2D eigenvalue weighted by Gasteiger charge is -2.33. The number of ether oxygens (including phenoxy) is 1. The minimum atomic E-state index is 0.138. The summed E-state index contributed by atoms with van der Waals surface area (Å²) in [4.78, 5) is 14.7. The molecule has 0 radical (unpaired) electrons. The summed E-state index contributed by atoms with van der Waals surface area (Å²) in [5.41, 5.74) is 0.885. The molecule has 156 valence electrons. The van der Waals surface area contributed by atoms with E-state index in [-0.39, 0.29) is 17.8 Å². The molecule has 1 N–H and O–H groups in total. The van der Waals surface area contributed by atoms with Crippen molar-refractivity contribution in [2.45, 2.75) is 62.9 Å². The predicted octanol–water partition coefficient (Wildman–Crippen LogP) is 3.32. The first-order valence-corrected chi connectivity index (χ1v) is 11.4. The topological polar surface area (TPSA) is 80.5 Å². The van der Waals surface area contributed by atoms with Crippen LogP contribution in [-0.4, -0.2) is 61.7 Å². The van der Waals surface area contributed by atoms with Crippen molar-refractivity contribution in [2.24, 2.45) is 0 Å². The van der Waals surface area contributed by atoms with Crippen LogP contribution in [0.25, 0.3) is 11.4 Å². The molecule has 1 amide bonds. The second kappa shape index (κ2) is 9.17. The number of likely N-dealkylation sites (tertiary alicyclic amines) is 1. The summed E-state index contributed by atoms with van der Waals surface area (Å²) < 4.78 is 7.88. The molecule has 2 aliphatic rings. The van der Waals surface area contributed by atoms with Crippen LogP contribution >= 0.6 is 11.8 Å². The van der Waals surface area contributed by atoms with Crippen molar-refractivity contribution in [3.05, 3.63) is 24.3 Å². The number of aromatic nitrogens is 3. The molecule has 2 atom stereocenters. The van der Waals surface area contributed by atoms with E-state index >= 15 is 0 Å². The van der Waals surface area contributed by atoms with Gasteiger partial charge in [-0.25, -0.2) is 0 Å². The van der Waals surface area contributed by atoms with E-state index in [1.54, 1.807) is 12.1 Å². The number of carbonyl (C=O) groups excluding carboxylic acids is 1. The summed E-state index contributed by atoms with van der Waals surface area (Å²) in [5, 5.41) is 19.1. The van der Waals surface area contributed by atoms with E-state index in [1.165, 1.54) is 18.2 Å². The maximum absolute atomic E-state index is 12.7. The number of nitrogens with zero attached hydrogens (tertiary/aromatic N) is 4. The molecule has 29 heavy (non-hydrogen) atoms. The molecule has 0 spiro atoms. The molecule has 0 bridgehead atoms. The van der Waals surface area contributed by atoms with Gasteiger partial charge in [0.2, 0.25) is 5.91 Å². The molecule has 0 aliphatic carbocycles. The number of phenols is 1. The molecule has 1 aromatic heterocycles. The maximum atomic E-state index is 12.7. The molecular weight excluding hydrogens is 388 g/mol. The number of benzene rings is 1. The number of thioether (sulfide) groups is 1. The van der Waals surface area contributed by atoms with Crippen LogP contribution in [0.5, 0.6) is 5.75 Å². The molecule has 2 aliphatic heterocycles. The largest absolute Gasteiger partial charge is 0.508 e. The van der Waals surface area contributed by atoms with Crippen molar-refractivity contribution in [2.75, 3.05) is 18.9 Å². The Morgan fingerprint density at radius 3 is 2.76 bits per heavy atom. The minimum Gasteiger partial charge on any atom is -0.508 e. The zero-order valence-corrected chi connectivity index (χ0v) is 17.6. The van der Waals surface area contributed by atoms with Crippen molar-refractivity contribution < 1.29 is 14.6 Å². The Labute approximate surface area is 175 Å². The van der Waals surface area contributed by atoms with E-state index in [9.17, 15) is 9.90 Å². The highest BCUT2D eigenvalue weighted by molar-refractivity contribution is 7.99. The number of aromatic hydroxyl groups is 1. The number of hydrogen-bond donors (Lipinski definition) is 1. The quantitative estimate of drug-likeness (QED) is 0.728. The Kier molecular flexibility index (Phi) is 6.40. The second-order valence-corrected chi connectivity index (χ2v) is 8.76. The van der Waals surface area contributed by atoms with E-state index in [1.807, 2.05) is 17.0 Å². The smallest absolute Gasteiger partial charge is 0.233 e. The fourth-order valence-corrected chi connectivity index (χ4v) is 4.89. The summed E-state index contributed by atoms with van der Waals surface area (Å²) in [6, 6.07) is 7.28. The van der Waals surface area contributed by atoms with Crippen LogP contribution in [0.3, 0.4) is 0 Å². The summed E-state index contributed by atoms with van der Waals surface area (Å²) in [6.45, 7) is 4.43. The molecule has 4 rings (SSSR count). The van der Waals surface area contributed by atoms with Crippen LogP contribution in [0, 0.1) is 0 Å². The highest BCUT2D eigenvalue weighted by Gasteiger charge is 2.25. The van der Waals surface area contributed by atoms with Gasteiger partial charge in [-0.1, -0.05) is 11.8 Å². The number of carbonyl (C=O) groups is 1. The lowest BCUT2D eigenvalue weighted by Crippen LogP contribution is -2.43. The number of amides is 1. The van der Waals surface area contributed by atoms with Crippen molar-refractivity contribution in [1.29, 1.82) is 0 Å². The Balaban J connectivity index is 1.52. The van der Waals surface area contributed by atoms with E-state index in [0.717, 1.165) is 55.4 Å². The molecule has 1 aromatic carbocycles. The molecule has 7 nitrogen and oxygen atoms in total. The van der Waals surface area contributed by atoms with Gasteiger partial charge in [0.15, 0.2) is 11.0 Å². The normalized spacial score (nSPS) is 22.2. The third-order valence-electron chi connectivity index (χ3n) is 5.70. The van der Waals surface area contributed by atoms with Gasteiger partial charge >= 0.3 is 0 Å². The Morgan fingerprint density at radius 1 is 1.21 bits per heavy atom. The Bertz CT molecular complexity index is 833. The first-order valence-electron chi connectivity index (χ1n) is 10.4. The van der Waals surface area contributed by atoms with Crippen LogP contribution < -0.4 is 0 Å². The first kappa shape index (κ1) is 20.2. The van der Waals surface area contributed by atoms with E-state index in [4.69, 9.17) is 4.74 Å². The summed E-state index contributed by atoms with van der Waals surface area (Å²) in [7, 11) is 0. The highest BCUT2D eigenvalue weighted by Crippen LogP contribution is 2.28. The Hall–Kier alpha value is -2.06. The predicted molar refractivity (Wildman–Crippen MR) is 112 cm³/mol. The zero-order chi connectivity index (χ0) is 20.2. The van der Waals surface area contributed by atoms with Gasteiger partial charge in [-0.3, -0.25) is 9.36 Å². The minimum absolute atomic E-state index is 0.138. The fraction of sp³-hybridized carbons (Fsp3) is 0.571. The van der Waals surface area contributed by atoms with Gasteiger partial charge in [0, 0.05) is 24.8 Å². The van der Waals surface area contributed by atoms with Gasteiger partial charge in [-0.15, -0.1) is 10.2 Å². The van der Waals surface area contributed by atoms with Gasteiger partial charge in [-0.05, 0) is 63.3 Å². The molecule has 0 unspecified atom stereocenters. The zero-order valence-electron chi connectivity index (χ0n) is 16.8. The Morgan fingerprint density at radius 2 is 2.03 bits per heavy atom. The SMILES string of the molecule is C[C@@H]1CCCCN1C(=O)CSc1nnc(-c2ccc(O)cc2)n1C[C@@H]1CCCO1. The standard InChI is InChI=1S/C21H28N4O3S/c1-15-5-2-3-11-24(15)19(27)14-29-21-23-22-20(16-7-9-17(26)10-8-16)25(21)13-18-6-4-12-28-18/h7-10,15,18,26H,2-6,11-14H2,1H3/t15-,18+/m1/s1. The number of hydrogen-bond acceptors (Lipinski definition) is 6. The van der Waals surface area contributed by atoms with Crippen LogP contribution in [0.15, 0.2) is 29.4 Å². The molecule has 2 aromatic rings. The van der Waals surface area contributed by atoms with Crippen LogP contribution in [0.1, 0.15) is 39.0 Å². The second-order valence-electron chi connectivity index (χ2n) is 7.82. The molecule has 0 saturated carbocycles. The molecule has 2 saturated heterocycles. The lowest BCUT2D eigenvalue weighted by molar-refractivity contribution is -0.131. The monoisotopic (exact) mass is 416 g/mol. The van der Waals surface area contributed by atoms with Crippen LogP contribution in [0.2, 0.25) is 0 Å². The van der Waals surface area contributed by atoms with Gasteiger partial charge in [0.1, 0.15) is 5.75 Å². The average molecular weight is 417 g/mol.